The summed E-state index contributed by atoms with van der Waals surface area (Å²) in [6, 6.07) is 15.2. The summed E-state index contributed by atoms with van der Waals surface area (Å²) in [5.41, 5.74) is 0.484. The number of rotatable bonds is 4. The fraction of sp³-hybridized carbons (Fsp3) is 0.133. The van der Waals surface area contributed by atoms with Crippen molar-refractivity contribution in [2.45, 2.75) is 12.5 Å². The molecule has 0 heterocycles. The molecule has 0 bridgehead atoms. The molecule has 97 valence electrons. The van der Waals surface area contributed by atoms with Gasteiger partial charge in [-0.25, -0.2) is 5.11 Å². The molecule has 0 aliphatic rings. The zero-order chi connectivity index (χ0) is 13.7. The maximum absolute atomic E-state index is 11.9. The molecule has 1 atom stereocenters. The average Bonchev–Trinajstić information content (AvgIpc) is 2.39. The van der Waals surface area contributed by atoms with Crippen LogP contribution < -0.4 is 4.74 Å². The molecular formula is C15H12ClO3. The molecule has 2 aromatic rings. The van der Waals surface area contributed by atoms with Gasteiger partial charge in [0, 0.05) is 5.02 Å². The standard InChI is InChI=1S/C15H12ClO3/c16-12-6-4-5-11(9-12)14(17)10-15(18)19-13-7-2-1-3-8-13/h1-9,14H,10H2/t14-/m0/s1. The van der Waals surface area contributed by atoms with Gasteiger partial charge in [-0.2, -0.15) is 0 Å². The van der Waals surface area contributed by atoms with Gasteiger partial charge in [-0.3, -0.25) is 4.79 Å². The van der Waals surface area contributed by atoms with E-state index in [1.165, 1.54) is 0 Å². The van der Waals surface area contributed by atoms with Crippen LogP contribution in [-0.4, -0.2) is 5.97 Å². The van der Waals surface area contributed by atoms with Gasteiger partial charge in [-0.15, -0.1) is 0 Å². The summed E-state index contributed by atoms with van der Waals surface area (Å²) in [4.78, 5) is 11.6. The van der Waals surface area contributed by atoms with Crippen molar-refractivity contribution in [2.24, 2.45) is 0 Å². The van der Waals surface area contributed by atoms with Crippen LogP contribution in [0.5, 0.6) is 5.75 Å². The van der Waals surface area contributed by atoms with E-state index in [4.69, 9.17) is 16.3 Å². The molecular weight excluding hydrogens is 264 g/mol. The summed E-state index contributed by atoms with van der Waals surface area (Å²) in [5, 5.41) is 12.4. The van der Waals surface area contributed by atoms with Crippen molar-refractivity contribution in [1.82, 2.24) is 0 Å². The van der Waals surface area contributed by atoms with E-state index in [0.717, 1.165) is 0 Å². The quantitative estimate of drug-likeness (QED) is 0.629. The van der Waals surface area contributed by atoms with Crippen molar-refractivity contribution >= 4 is 17.6 Å². The molecule has 0 aromatic heterocycles. The second kappa shape index (κ2) is 6.36. The fourth-order valence-electron chi connectivity index (χ4n) is 1.64. The predicted molar refractivity (Wildman–Crippen MR) is 71.6 cm³/mol. The first-order chi connectivity index (χ1) is 9.15. The highest BCUT2D eigenvalue weighted by Crippen LogP contribution is 2.21. The van der Waals surface area contributed by atoms with Crippen molar-refractivity contribution < 1.29 is 14.6 Å². The molecule has 0 unspecified atom stereocenters. The fourth-order valence-corrected chi connectivity index (χ4v) is 1.84. The van der Waals surface area contributed by atoms with E-state index in [-0.39, 0.29) is 6.42 Å². The maximum atomic E-state index is 11.9. The number of para-hydroxylation sites is 1. The lowest BCUT2D eigenvalue weighted by Crippen LogP contribution is -2.12. The minimum atomic E-state index is -1.17. The molecule has 19 heavy (non-hydrogen) atoms. The normalized spacial score (nSPS) is 11.9. The van der Waals surface area contributed by atoms with Crippen molar-refractivity contribution in [1.29, 1.82) is 0 Å². The molecule has 0 saturated carbocycles. The SMILES string of the molecule is [O][C@@H](CC(=O)Oc1ccccc1)c1cccc(Cl)c1. The van der Waals surface area contributed by atoms with Crippen LogP contribution in [0.25, 0.3) is 0 Å². The summed E-state index contributed by atoms with van der Waals surface area (Å²) in [7, 11) is 0. The van der Waals surface area contributed by atoms with Crippen LogP contribution in [0.1, 0.15) is 18.1 Å². The number of carbonyl (C=O) groups excluding carboxylic acids is 1. The number of halogens is 1. The molecule has 2 rings (SSSR count). The molecule has 0 fully saturated rings. The van der Waals surface area contributed by atoms with Crippen LogP contribution in [0.3, 0.4) is 0 Å². The van der Waals surface area contributed by atoms with E-state index in [1.54, 1.807) is 48.5 Å². The Morgan fingerprint density at radius 2 is 1.84 bits per heavy atom. The Bertz CT molecular complexity index is 554. The smallest absolute Gasteiger partial charge is 0.314 e. The Kier molecular flexibility index (Phi) is 4.55. The minimum Gasteiger partial charge on any atom is -0.426 e. The number of benzene rings is 2. The number of hydrogen-bond donors (Lipinski definition) is 0. The zero-order valence-electron chi connectivity index (χ0n) is 10.1. The highest BCUT2D eigenvalue weighted by atomic mass is 35.5. The maximum Gasteiger partial charge on any atom is 0.314 e. The van der Waals surface area contributed by atoms with Crippen LogP contribution in [0.15, 0.2) is 54.6 Å². The summed E-state index contributed by atoms with van der Waals surface area (Å²) in [6.45, 7) is 0. The van der Waals surface area contributed by atoms with E-state index >= 15 is 0 Å². The molecule has 3 nitrogen and oxygen atoms in total. The van der Waals surface area contributed by atoms with Gasteiger partial charge in [-0.05, 0) is 29.8 Å². The second-order valence-electron chi connectivity index (χ2n) is 4.03. The molecule has 2 aromatic carbocycles. The van der Waals surface area contributed by atoms with E-state index in [1.807, 2.05) is 6.07 Å². The van der Waals surface area contributed by atoms with Crippen LogP contribution >= 0.6 is 11.6 Å². The molecule has 1 radical (unpaired) electrons. The monoisotopic (exact) mass is 275 g/mol. The zero-order valence-corrected chi connectivity index (χ0v) is 10.8. The third kappa shape index (κ3) is 4.09. The number of esters is 1. The lowest BCUT2D eigenvalue weighted by molar-refractivity contribution is -0.137. The topological polar surface area (TPSA) is 46.2 Å². The van der Waals surface area contributed by atoms with Crippen LogP contribution in [0.2, 0.25) is 5.02 Å². The lowest BCUT2D eigenvalue weighted by Gasteiger charge is -2.09. The molecule has 0 N–H and O–H groups in total. The van der Waals surface area contributed by atoms with Crippen LogP contribution in [-0.2, 0) is 9.90 Å². The van der Waals surface area contributed by atoms with Gasteiger partial charge in [-0.1, -0.05) is 41.9 Å². The van der Waals surface area contributed by atoms with Gasteiger partial charge in [0.15, 0.2) is 0 Å². The van der Waals surface area contributed by atoms with E-state index in [0.29, 0.717) is 16.3 Å². The molecule has 4 heteroatoms. The van der Waals surface area contributed by atoms with Gasteiger partial charge in [0.25, 0.3) is 0 Å². The van der Waals surface area contributed by atoms with Gasteiger partial charge >= 0.3 is 5.97 Å². The Labute approximate surface area is 116 Å². The Balaban J connectivity index is 1.95. The van der Waals surface area contributed by atoms with E-state index in [2.05, 4.69) is 0 Å². The first-order valence-corrected chi connectivity index (χ1v) is 6.20. The predicted octanol–water partition coefficient (Wildman–Crippen LogP) is 3.81. The third-order valence-corrected chi connectivity index (χ3v) is 2.78. The molecule has 0 aliphatic heterocycles. The van der Waals surface area contributed by atoms with Crippen LogP contribution in [0.4, 0.5) is 0 Å². The Morgan fingerprint density at radius 3 is 2.53 bits per heavy atom. The third-order valence-electron chi connectivity index (χ3n) is 2.55. The molecule has 0 aliphatic carbocycles. The molecule has 0 spiro atoms. The largest absolute Gasteiger partial charge is 0.426 e. The van der Waals surface area contributed by atoms with Crippen molar-refractivity contribution in [3.63, 3.8) is 0 Å². The summed E-state index contributed by atoms with van der Waals surface area (Å²) >= 11 is 5.80. The van der Waals surface area contributed by atoms with Gasteiger partial charge in [0.2, 0.25) is 0 Å². The van der Waals surface area contributed by atoms with E-state index in [9.17, 15) is 9.90 Å². The first kappa shape index (κ1) is 13.6. The number of hydrogen-bond acceptors (Lipinski definition) is 2. The van der Waals surface area contributed by atoms with Crippen molar-refractivity contribution in [3.8, 4) is 5.75 Å². The van der Waals surface area contributed by atoms with Crippen molar-refractivity contribution in [3.05, 3.63) is 65.2 Å². The molecule has 0 amide bonds. The lowest BCUT2D eigenvalue weighted by atomic mass is 10.1. The second-order valence-corrected chi connectivity index (χ2v) is 4.47. The Morgan fingerprint density at radius 1 is 1.11 bits per heavy atom. The molecule has 0 saturated heterocycles. The minimum absolute atomic E-state index is 0.227. The summed E-state index contributed by atoms with van der Waals surface area (Å²) in [6.07, 6.45) is -1.40. The average molecular weight is 276 g/mol. The van der Waals surface area contributed by atoms with Gasteiger partial charge in [0.05, 0.1) is 6.42 Å². The Hall–Kier alpha value is -1.84. The first-order valence-electron chi connectivity index (χ1n) is 5.82. The van der Waals surface area contributed by atoms with E-state index < -0.39 is 12.1 Å². The highest BCUT2D eigenvalue weighted by molar-refractivity contribution is 6.30. The van der Waals surface area contributed by atoms with Gasteiger partial charge in [0.1, 0.15) is 11.9 Å². The van der Waals surface area contributed by atoms with Gasteiger partial charge < -0.3 is 4.74 Å². The number of carbonyl (C=O) groups is 1. The summed E-state index contributed by atoms with van der Waals surface area (Å²) < 4.78 is 5.06. The number of ether oxygens (including phenoxy) is 1. The van der Waals surface area contributed by atoms with Crippen LogP contribution in [0, 0.1) is 0 Å². The van der Waals surface area contributed by atoms with Crippen molar-refractivity contribution in [2.75, 3.05) is 0 Å². The highest BCUT2D eigenvalue weighted by Gasteiger charge is 2.16. The summed E-state index contributed by atoms with van der Waals surface area (Å²) in [5.74, 6) is -0.114.